The Balaban J connectivity index is 1.65. The zero-order valence-corrected chi connectivity index (χ0v) is 17.6. The van der Waals surface area contributed by atoms with E-state index in [1.165, 1.54) is 27.6 Å². The van der Waals surface area contributed by atoms with E-state index in [1.54, 1.807) is 0 Å². The number of fused-ring (bicyclic) bond motifs is 1. The van der Waals surface area contributed by atoms with E-state index in [-0.39, 0.29) is 11.8 Å². The van der Waals surface area contributed by atoms with Crippen LogP contribution < -0.4 is 5.32 Å². The Morgan fingerprint density at radius 2 is 1.63 bits per heavy atom. The lowest BCUT2D eigenvalue weighted by molar-refractivity contribution is -0.121. The Morgan fingerprint density at radius 1 is 0.933 bits per heavy atom. The molecule has 1 aromatic heterocycles. The molecule has 30 heavy (non-hydrogen) atoms. The topological polar surface area (TPSA) is 34.0 Å². The molecule has 1 N–H and O–H groups in total. The molecule has 0 aliphatic heterocycles. The largest absolute Gasteiger partial charge is 0.352 e. The minimum Gasteiger partial charge on any atom is -0.352 e. The van der Waals surface area contributed by atoms with Crippen LogP contribution >= 0.6 is 0 Å². The quantitative estimate of drug-likeness (QED) is 0.420. The summed E-state index contributed by atoms with van der Waals surface area (Å²) in [6.45, 7) is 5.70. The lowest BCUT2D eigenvalue weighted by atomic mass is 9.87. The van der Waals surface area contributed by atoms with Crippen molar-refractivity contribution in [3.05, 3.63) is 107 Å². The maximum Gasteiger partial charge on any atom is 0.221 e. The molecule has 152 valence electrons. The number of carbonyl (C=O) groups is 1. The molecule has 3 heteroatoms. The highest BCUT2D eigenvalue weighted by Gasteiger charge is 2.22. The van der Waals surface area contributed by atoms with E-state index in [9.17, 15) is 4.79 Å². The number of aromatic nitrogens is 1. The maximum atomic E-state index is 12.9. The molecule has 0 aliphatic carbocycles. The van der Waals surface area contributed by atoms with Gasteiger partial charge in [-0.25, -0.2) is 0 Å². The van der Waals surface area contributed by atoms with Crippen molar-refractivity contribution < 1.29 is 4.79 Å². The fourth-order valence-electron chi connectivity index (χ4n) is 4.07. The average Bonchev–Trinajstić information content (AvgIpc) is 3.16. The van der Waals surface area contributed by atoms with E-state index in [2.05, 4.69) is 78.5 Å². The number of amides is 1. The summed E-state index contributed by atoms with van der Waals surface area (Å²) in [4.78, 5) is 12.9. The summed E-state index contributed by atoms with van der Waals surface area (Å²) in [5.41, 5.74) is 5.94. The molecular formula is C27H28N2O. The van der Waals surface area contributed by atoms with Crippen LogP contribution in [-0.2, 0) is 17.9 Å². The first-order valence-electron chi connectivity index (χ1n) is 10.6. The second-order valence-corrected chi connectivity index (χ2v) is 7.82. The lowest BCUT2D eigenvalue weighted by Gasteiger charge is -2.18. The molecule has 3 aromatic carbocycles. The van der Waals surface area contributed by atoms with Gasteiger partial charge in [0.1, 0.15) is 0 Å². The van der Waals surface area contributed by atoms with Gasteiger partial charge in [0.25, 0.3) is 0 Å². The molecule has 0 bridgehead atoms. The molecule has 4 aromatic rings. The Hall–Kier alpha value is -3.33. The van der Waals surface area contributed by atoms with Crippen LogP contribution in [0.25, 0.3) is 10.9 Å². The van der Waals surface area contributed by atoms with Gasteiger partial charge in [-0.3, -0.25) is 4.79 Å². The lowest BCUT2D eigenvalue weighted by Crippen LogP contribution is -2.25. The third kappa shape index (κ3) is 4.30. The first-order valence-corrected chi connectivity index (χ1v) is 10.6. The van der Waals surface area contributed by atoms with Gasteiger partial charge in [-0.05, 0) is 36.6 Å². The van der Waals surface area contributed by atoms with Crippen molar-refractivity contribution in [1.29, 1.82) is 0 Å². The molecule has 0 aliphatic rings. The van der Waals surface area contributed by atoms with Crippen molar-refractivity contribution in [2.75, 3.05) is 0 Å². The number of nitrogens with one attached hydrogen (secondary N) is 1. The predicted octanol–water partition coefficient (Wildman–Crippen LogP) is 5.81. The molecule has 0 saturated heterocycles. The molecule has 4 rings (SSSR count). The van der Waals surface area contributed by atoms with Crippen molar-refractivity contribution in [3.8, 4) is 0 Å². The number of hydrogen-bond donors (Lipinski definition) is 1. The number of rotatable bonds is 7. The minimum absolute atomic E-state index is 0.0130. The van der Waals surface area contributed by atoms with Crippen molar-refractivity contribution >= 4 is 16.8 Å². The third-order valence-electron chi connectivity index (χ3n) is 5.74. The molecule has 0 radical (unpaired) electrons. The zero-order valence-electron chi connectivity index (χ0n) is 17.6. The third-order valence-corrected chi connectivity index (χ3v) is 5.74. The standard InChI is InChI=1S/C27H28N2O/c1-3-29-19-25(23-11-7-8-12-26(23)29)24(22-15-13-20(2)14-16-22)17-27(30)28-18-21-9-5-4-6-10-21/h4-16,19,24H,3,17-18H2,1-2H3,(H,28,30)/t24-/m0/s1. The van der Waals surface area contributed by atoms with Crippen LogP contribution in [0.2, 0.25) is 0 Å². The molecule has 0 fully saturated rings. The van der Waals surface area contributed by atoms with Crippen LogP contribution in [0, 0.1) is 6.92 Å². The predicted molar refractivity (Wildman–Crippen MR) is 124 cm³/mol. The van der Waals surface area contributed by atoms with Crippen LogP contribution in [-0.4, -0.2) is 10.5 Å². The smallest absolute Gasteiger partial charge is 0.221 e. The monoisotopic (exact) mass is 396 g/mol. The van der Waals surface area contributed by atoms with Gasteiger partial charge >= 0.3 is 0 Å². The van der Waals surface area contributed by atoms with Crippen LogP contribution in [0.3, 0.4) is 0 Å². The van der Waals surface area contributed by atoms with Gasteiger partial charge in [0.15, 0.2) is 0 Å². The average molecular weight is 397 g/mol. The fourth-order valence-corrected chi connectivity index (χ4v) is 4.07. The Labute approximate surface area is 178 Å². The van der Waals surface area contributed by atoms with Crippen molar-refractivity contribution in [2.45, 2.75) is 39.3 Å². The van der Waals surface area contributed by atoms with Gasteiger partial charge in [0.05, 0.1) is 0 Å². The number of para-hydroxylation sites is 1. The Morgan fingerprint density at radius 3 is 2.37 bits per heavy atom. The number of carbonyl (C=O) groups excluding carboxylic acids is 1. The molecule has 0 unspecified atom stereocenters. The van der Waals surface area contributed by atoms with Crippen molar-refractivity contribution in [1.82, 2.24) is 9.88 Å². The minimum atomic E-state index is 0.0130. The van der Waals surface area contributed by atoms with Gasteiger partial charge in [-0.15, -0.1) is 0 Å². The molecule has 3 nitrogen and oxygen atoms in total. The zero-order chi connectivity index (χ0) is 20.9. The maximum absolute atomic E-state index is 12.9. The summed E-state index contributed by atoms with van der Waals surface area (Å²) in [5.74, 6) is 0.0804. The number of benzene rings is 3. The van der Waals surface area contributed by atoms with Gasteiger partial charge in [-0.2, -0.15) is 0 Å². The van der Waals surface area contributed by atoms with Gasteiger partial charge in [0, 0.05) is 42.5 Å². The highest BCUT2D eigenvalue weighted by Crippen LogP contribution is 2.35. The van der Waals surface area contributed by atoms with Crippen LogP contribution in [0.15, 0.2) is 85.1 Å². The normalized spacial score (nSPS) is 12.1. The summed E-state index contributed by atoms with van der Waals surface area (Å²) in [6, 6.07) is 27.1. The van der Waals surface area contributed by atoms with Crippen LogP contribution in [0.1, 0.15) is 41.5 Å². The van der Waals surface area contributed by atoms with E-state index in [0.717, 1.165) is 12.1 Å². The second kappa shape index (κ2) is 9.00. The highest BCUT2D eigenvalue weighted by atomic mass is 16.1. The Bertz CT molecular complexity index is 1130. The second-order valence-electron chi connectivity index (χ2n) is 7.82. The van der Waals surface area contributed by atoms with E-state index in [1.807, 2.05) is 30.3 Å². The number of aryl methyl sites for hydroxylation is 2. The molecule has 1 amide bonds. The summed E-state index contributed by atoms with van der Waals surface area (Å²) in [7, 11) is 0. The first-order chi connectivity index (χ1) is 14.7. The van der Waals surface area contributed by atoms with E-state index in [0.29, 0.717) is 13.0 Å². The van der Waals surface area contributed by atoms with Gasteiger partial charge < -0.3 is 9.88 Å². The first kappa shape index (κ1) is 20.0. The van der Waals surface area contributed by atoms with E-state index in [4.69, 9.17) is 0 Å². The summed E-state index contributed by atoms with van der Waals surface area (Å²) in [6.07, 6.45) is 2.65. The summed E-state index contributed by atoms with van der Waals surface area (Å²) in [5, 5.41) is 4.33. The van der Waals surface area contributed by atoms with Crippen molar-refractivity contribution in [2.24, 2.45) is 0 Å². The fraction of sp³-hybridized carbons (Fsp3) is 0.222. The highest BCUT2D eigenvalue weighted by molar-refractivity contribution is 5.86. The van der Waals surface area contributed by atoms with Crippen LogP contribution in [0.5, 0.6) is 0 Å². The number of nitrogens with zero attached hydrogens (tertiary/aromatic N) is 1. The number of hydrogen-bond acceptors (Lipinski definition) is 1. The van der Waals surface area contributed by atoms with Crippen LogP contribution in [0.4, 0.5) is 0 Å². The summed E-state index contributed by atoms with van der Waals surface area (Å²) < 4.78 is 2.27. The SMILES string of the molecule is CCn1cc([C@@H](CC(=O)NCc2ccccc2)c2ccc(C)cc2)c2ccccc21. The van der Waals surface area contributed by atoms with E-state index >= 15 is 0 Å². The molecular weight excluding hydrogens is 368 g/mol. The van der Waals surface area contributed by atoms with Gasteiger partial charge in [0.2, 0.25) is 5.91 Å². The summed E-state index contributed by atoms with van der Waals surface area (Å²) >= 11 is 0. The Kier molecular flexibility index (Phi) is 5.99. The molecule has 0 spiro atoms. The molecule has 1 atom stereocenters. The molecule has 0 saturated carbocycles. The molecule has 1 heterocycles. The van der Waals surface area contributed by atoms with E-state index < -0.39 is 0 Å². The van der Waals surface area contributed by atoms with Crippen molar-refractivity contribution in [3.63, 3.8) is 0 Å². The van der Waals surface area contributed by atoms with Gasteiger partial charge in [-0.1, -0.05) is 78.4 Å².